The zero-order valence-electron chi connectivity index (χ0n) is 16.5. The van der Waals surface area contributed by atoms with Gasteiger partial charge in [-0.3, -0.25) is 4.90 Å². The summed E-state index contributed by atoms with van der Waals surface area (Å²) >= 11 is 5.84. The van der Waals surface area contributed by atoms with Crippen LogP contribution in [-0.2, 0) is 25.8 Å². The van der Waals surface area contributed by atoms with Crippen LogP contribution in [0, 0.1) is 0 Å². The maximum absolute atomic E-state index is 13.2. The number of anilines is 1. The molecule has 2 aromatic heterocycles. The summed E-state index contributed by atoms with van der Waals surface area (Å²) in [6, 6.07) is 7.93. The van der Waals surface area contributed by atoms with Crippen molar-refractivity contribution in [2.24, 2.45) is 0 Å². The molecule has 0 saturated heterocycles. The standard InChI is InChI=1S/C21H18ClF3N4O2/c1-2-28-18(30)17(14-4-3-5-15(10-14)21(23,24)25)19(31)29-9-8-27(20(28)29)12-13-6-7-16(22)26-11-13/h3-7,10-11H,2,8-9,12H2,1H3/p+1. The molecular weight excluding hydrogens is 433 g/mol. The number of aromatic hydroxyl groups is 1. The van der Waals surface area contributed by atoms with E-state index >= 15 is 0 Å². The molecule has 0 aliphatic carbocycles. The highest BCUT2D eigenvalue weighted by Crippen LogP contribution is 2.34. The molecule has 0 amide bonds. The summed E-state index contributed by atoms with van der Waals surface area (Å²) < 4.78 is 42.5. The van der Waals surface area contributed by atoms with Gasteiger partial charge in [-0.05, 0) is 30.7 Å². The van der Waals surface area contributed by atoms with Crippen molar-refractivity contribution in [1.82, 2.24) is 9.55 Å². The summed E-state index contributed by atoms with van der Waals surface area (Å²) in [7, 11) is 0. The first kappa shape index (κ1) is 21.2. The van der Waals surface area contributed by atoms with Crippen molar-refractivity contribution in [3.8, 4) is 17.0 Å². The number of hydrogen-bond donors (Lipinski definition) is 1. The Morgan fingerprint density at radius 1 is 1.26 bits per heavy atom. The molecule has 0 fully saturated rings. The number of hydrogen-bond acceptors (Lipinski definition) is 4. The molecule has 162 valence electrons. The fourth-order valence-electron chi connectivity index (χ4n) is 3.82. The highest BCUT2D eigenvalue weighted by Gasteiger charge is 2.37. The van der Waals surface area contributed by atoms with Gasteiger partial charge in [-0.25, -0.2) is 9.78 Å². The predicted octanol–water partition coefficient (Wildman–Crippen LogP) is 3.62. The predicted molar refractivity (Wildman–Crippen MR) is 109 cm³/mol. The van der Waals surface area contributed by atoms with E-state index in [0.29, 0.717) is 30.7 Å². The van der Waals surface area contributed by atoms with Crippen molar-refractivity contribution in [1.29, 1.82) is 0 Å². The molecule has 0 atom stereocenters. The van der Waals surface area contributed by atoms with Crippen LogP contribution in [0.2, 0.25) is 5.15 Å². The van der Waals surface area contributed by atoms with Crippen LogP contribution in [-0.4, -0.2) is 21.2 Å². The van der Waals surface area contributed by atoms with Crippen molar-refractivity contribution in [3.63, 3.8) is 0 Å². The summed E-state index contributed by atoms with van der Waals surface area (Å²) in [6.45, 7) is 3.40. The van der Waals surface area contributed by atoms with E-state index in [-0.39, 0.29) is 23.6 Å². The third-order valence-corrected chi connectivity index (χ3v) is 5.48. The summed E-state index contributed by atoms with van der Waals surface area (Å²) in [5.41, 5.74) is -0.683. The first-order chi connectivity index (χ1) is 14.7. The second-order valence-corrected chi connectivity index (χ2v) is 7.58. The molecule has 0 saturated carbocycles. The van der Waals surface area contributed by atoms with E-state index in [1.54, 1.807) is 23.8 Å². The molecule has 3 aromatic rings. The Balaban J connectivity index is 1.82. The van der Waals surface area contributed by atoms with E-state index in [9.17, 15) is 23.1 Å². The maximum Gasteiger partial charge on any atom is 0.416 e. The van der Waals surface area contributed by atoms with Crippen LogP contribution < -0.4 is 15.0 Å². The Kier molecular flexibility index (Phi) is 5.38. The van der Waals surface area contributed by atoms with Crippen molar-refractivity contribution < 1.29 is 22.8 Å². The number of alkyl halides is 3. The zero-order valence-corrected chi connectivity index (χ0v) is 17.3. The van der Waals surface area contributed by atoms with Crippen LogP contribution >= 0.6 is 11.6 Å². The number of aromatic nitrogens is 3. The Morgan fingerprint density at radius 3 is 2.68 bits per heavy atom. The van der Waals surface area contributed by atoms with E-state index in [4.69, 9.17) is 11.6 Å². The van der Waals surface area contributed by atoms with E-state index in [1.807, 2.05) is 11.0 Å². The zero-order chi connectivity index (χ0) is 22.3. The van der Waals surface area contributed by atoms with Crippen LogP contribution in [0.25, 0.3) is 11.1 Å². The molecule has 1 N–H and O–H groups in total. The molecule has 0 unspecified atom stereocenters. The number of pyridine rings is 1. The summed E-state index contributed by atoms with van der Waals surface area (Å²) in [6.07, 6.45) is -2.92. The lowest BCUT2D eigenvalue weighted by Gasteiger charge is -2.16. The Morgan fingerprint density at radius 2 is 2.03 bits per heavy atom. The summed E-state index contributed by atoms with van der Waals surface area (Å²) in [5.74, 6) is 0.149. The third kappa shape index (κ3) is 3.85. The fourth-order valence-corrected chi connectivity index (χ4v) is 3.94. The normalized spacial score (nSPS) is 13.5. The molecule has 31 heavy (non-hydrogen) atoms. The van der Waals surface area contributed by atoms with Gasteiger partial charge in [-0.2, -0.15) is 22.3 Å². The summed E-state index contributed by atoms with van der Waals surface area (Å²) in [4.78, 5) is 19.2. The fraction of sp³-hybridized carbons (Fsp3) is 0.286. The van der Waals surface area contributed by atoms with Gasteiger partial charge in [0.2, 0.25) is 0 Å². The number of rotatable bonds is 4. The van der Waals surface area contributed by atoms with Gasteiger partial charge in [0.25, 0.3) is 5.88 Å². The Hall–Kier alpha value is -3.07. The SMILES string of the molecule is CCn1c2[n+](c(O)c(-c3cccc(C(F)(F)F)c3)c1=O)CCN2Cc1ccc(Cl)nc1. The molecule has 1 aliphatic rings. The largest absolute Gasteiger partial charge is 0.483 e. The molecule has 1 aromatic carbocycles. The second-order valence-electron chi connectivity index (χ2n) is 7.19. The molecule has 4 rings (SSSR count). The summed E-state index contributed by atoms with van der Waals surface area (Å²) in [5, 5.41) is 11.3. The highest BCUT2D eigenvalue weighted by atomic mass is 35.5. The average Bonchev–Trinajstić information content (AvgIpc) is 3.13. The van der Waals surface area contributed by atoms with E-state index in [2.05, 4.69) is 4.98 Å². The van der Waals surface area contributed by atoms with E-state index in [1.165, 1.54) is 16.7 Å². The number of nitrogens with zero attached hydrogens (tertiary/aromatic N) is 4. The lowest BCUT2D eigenvalue weighted by molar-refractivity contribution is -0.680. The topological polar surface area (TPSA) is 62.2 Å². The highest BCUT2D eigenvalue weighted by molar-refractivity contribution is 6.29. The van der Waals surface area contributed by atoms with Gasteiger partial charge >= 0.3 is 17.7 Å². The minimum absolute atomic E-state index is 0.0233. The third-order valence-electron chi connectivity index (χ3n) is 5.25. The first-order valence-electron chi connectivity index (χ1n) is 9.63. The van der Waals surface area contributed by atoms with Crippen LogP contribution in [0.1, 0.15) is 18.1 Å². The minimum Gasteiger partial charge on any atom is -0.483 e. The molecular formula is C21H19ClF3N4O2+. The van der Waals surface area contributed by atoms with Crippen LogP contribution in [0.15, 0.2) is 47.4 Å². The van der Waals surface area contributed by atoms with Crippen molar-refractivity contribution in [3.05, 3.63) is 69.2 Å². The molecule has 1 aliphatic heterocycles. The van der Waals surface area contributed by atoms with Gasteiger partial charge in [0, 0.05) is 11.8 Å². The lowest BCUT2D eigenvalue weighted by Crippen LogP contribution is -2.41. The molecule has 6 nitrogen and oxygen atoms in total. The van der Waals surface area contributed by atoms with Crippen LogP contribution in [0.5, 0.6) is 5.88 Å². The van der Waals surface area contributed by atoms with Crippen LogP contribution in [0.3, 0.4) is 0 Å². The van der Waals surface area contributed by atoms with Gasteiger partial charge in [-0.15, -0.1) is 0 Å². The van der Waals surface area contributed by atoms with E-state index < -0.39 is 17.3 Å². The van der Waals surface area contributed by atoms with Gasteiger partial charge in [0.05, 0.1) is 25.2 Å². The molecule has 0 bridgehead atoms. The molecule has 3 heterocycles. The first-order valence-corrected chi connectivity index (χ1v) is 10.0. The average molecular weight is 452 g/mol. The van der Waals surface area contributed by atoms with Gasteiger partial charge in [0.15, 0.2) is 0 Å². The van der Waals surface area contributed by atoms with Gasteiger partial charge in [0.1, 0.15) is 17.3 Å². The molecule has 0 radical (unpaired) electrons. The lowest BCUT2D eigenvalue weighted by atomic mass is 10.0. The number of fused-ring (bicyclic) bond motifs is 1. The van der Waals surface area contributed by atoms with Crippen molar-refractivity contribution >= 4 is 17.5 Å². The Bertz CT molecular complexity index is 1190. The second kappa shape index (κ2) is 7.88. The van der Waals surface area contributed by atoms with Gasteiger partial charge < -0.3 is 5.11 Å². The molecule has 10 heteroatoms. The Labute approximate surface area is 180 Å². The van der Waals surface area contributed by atoms with Crippen molar-refractivity contribution in [2.45, 2.75) is 32.7 Å². The monoisotopic (exact) mass is 451 g/mol. The minimum atomic E-state index is -4.55. The van der Waals surface area contributed by atoms with Gasteiger partial charge in [-0.1, -0.05) is 29.8 Å². The number of benzene rings is 1. The van der Waals surface area contributed by atoms with Crippen LogP contribution in [0.4, 0.5) is 19.1 Å². The van der Waals surface area contributed by atoms with Crippen molar-refractivity contribution in [2.75, 3.05) is 11.4 Å². The maximum atomic E-state index is 13.2. The number of halogens is 4. The smallest absolute Gasteiger partial charge is 0.416 e. The van der Waals surface area contributed by atoms with E-state index in [0.717, 1.165) is 17.7 Å². The quantitative estimate of drug-likeness (QED) is 0.486. The molecule has 0 spiro atoms.